The number of carbonyl (C=O) groups excluding carboxylic acids is 1. The molecule has 5 rings (SSSR count). The van der Waals surface area contributed by atoms with E-state index >= 15 is 0 Å². The molecule has 6 nitrogen and oxygen atoms in total. The van der Waals surface area contributed by atoms with E-state index in [1.165, 1.54) is 6.39 Å². The quantitative estimate of drug-likeness (QED) is 0.432. The average Bonchev–Trinajstić information content (AvgIpc) is 3.29. The van der Waals surface area contributed by atoms with Gasteiger partial charge in [-0.3, -0.25) is 4.79 Å². The number of hydrogen-bond acceptors (Lipinski definition) is 5. The summed E-state index contributed by atoms with van der Waals surface area (Å²) in [6, 6.07) is 24.7. The van der Waals surface area contributed by atoms with Gasteiger partial charge in [-0.1, -0.05) is 30.3 Å². The number of fused-ring (bicyclic) bond motifs is 2. The van der Waals surface area contributed by atoms with Gasteiger partial charge in [0.15, 0.2) is 12.0 Å². The van der Waals surface area contributed by atoms with Crippen molar-refractivity contribution in [2.45, 2.75) is 13.2 Å². The van der Waals surface area contributed by atoms with Crippen molar-refractivity contribution in [2.75, 3.05) is 0 Å². The molecule has 5 aromatic rings. The van der Waals surface area contributed by atoms with Crippen molar-refractivity contribution in [3.05, 3.63) is 102 Å². The molecule has 0 saturated carbocycles. The summed E-state index contributed by atoms with van der Waals surface area (Å²) in [7, 11) is 0. The zero-order valence-electron chi connectivity index (χ0n) is 16.6. The molecular formula is C25H19N3O3. The predicted octanol–water partition coefficient (Wildman–Crippen LogP) is 4.89. The summed E-state index contributed by atoms with van der Waals surface area (Å²) < 4.78 is 11.1. The second-order valence-electron chi connectivity index (χ2n) is 7.15. The van der Waals surface area contributed by atoms with Gasteiger partial charge in [-0.05, 0) is 54.1 Å². The lowest BCUT2D eigenvalue weighted by molar-refractivity contribution is 0.0951. The first-order valence-electron chi connectivity index (χ1n) is 9.92. The van der Waals surface area contributed by atoms with Crippen molar-refractivity contribution in [1.82, 2.24) is 15.3 Å². The van der Waals surface area contributed by atoms with Crippen molar-refractivity contribution >= 4 is 27.9 Å². The van der Waals surface area contributed by atoms with Crippen LogP contribution in [0.15, 0.2) is 89.7 Å². The highest BCUT2D eigenvalue weighted by Crippen LogP contribution is 2.17. The third kappa shape index (κ3) is 4.23. The van der Waals surface area contributed by atoms with E-state index in [9.17, 15) is 4.79 Å². The molecule has 0 aliphatic carbocycles. The Morgan fingerprint density at radius 2 is 1.81 bits per heavy atom. The Labute approximate surface area is 178 Å². The van der Waals surface area contributed by atoms with E-state index in [4.69, 9.17) is 9.15 Å². The monoisotopic (exact) mass is 409 g/mol. The highest BCUT2D eigenvalue weighted by atomic mass is 16.5. The number of ether oxygens (including phenoxy) is 1. The van der Waals surface area contributed by atoms with Gasteiger partial charge in [-0.15, -0.1) is 0 Å². The van der Waals surface area contributed by atoms with E-state index in [0.29, 0.717) is 30.0 Å². The molecule has 1 N–H and O–H groups in total. The van der Waals surface area contributed by atoms with Crippen LogP contribution >= 0.6 is 0 Å². The smallest absolute Gasteiger partial charge is 0.251 e. The fourth-order valence-electron chi connectivity index (χ4n) is 3.34. The molecule has 152 valence electrons. The second kappa shape index (κ2) is 8.28. The Kier molecular flexibility index (Phi) is 5.02. The van der Waals surface area contributed by atoms with Crippen molar-refractivity contribution in [2.24, 2.45) is 0 Å². The number of para-hydroxylation sites is 1. The fraction of sp³-hybridized carbons (Fsp3) is 0.0800. The first kappa shape index (κ1) is 18.8. The lowest BCUT2D eigenvalue weighted by Crippen LogP contribution is -2.22. The van der Waals surface area contributed by atoms with Crippen LogP contribution < -0.4 is 10.1 Å². The third-order valence-electron chi connectivity index (χ3n) is 5.01. The number of carbonyl (C=O) groups is 1. The predicted molar refractivity (Wildman–Crippen MR) is 118 cm³/mol. The Hall–Kier alpha value is -4.19. The van der Waals surface area contributed by atoms with Crippen LogP contribution in [0.3, 0.4) is 0 Å². The lowest BCUT2D eigenvalue weighted by Gasteiger charge is -2.08. The van der Waals surface area contributed by atoms with Gasteiger partial charge in [0, 0.05) is 17.5 Å². The van der Waals surface area contributed by atoms with Crippen LogP contribution in [0.1, 0.15) is 21.6 Å². The minimum Gasteiger partial charge on any atom is -0.487 e. The standard InChI is InChI=1S/C25H19N3O3/c29-25(26-14-17-5-12-23-24(13-17)31-16-27-23)19-7-10-21(11-8-19)30-15-20-9-6-18-3-1-2-4-22(18)28-20/h1-13,16H,14-15H2,(H,26,29). The Morgan fingerprint density at radius 3 is 2.71 bits per heavy atom. The Bertz CT molecular complexity index is 1360. The number of benzene rings is 3. The molecule has 0 saturated heterocycles. The molecule has 1 amide bonds. The van der Waals surface area contributed by atoms with E-state index in [0.717, 1.165) is 27.7 Å². The fourth-order valence-corrected chi connectivity index (χ4v) is 3.34. The van der Waals surface area contributed by atoms with Gasteiger partial charge in [-0.25, -0.2) is 9.97 Å². The zero-order valence-corrected chi connectivity index (χ0v) is 16.6. The van der Waals surface area contributed by atoms with Gasteiger partial charge in [0.25, 0.3) is 5.91 Å². The summed E-state index contributed by atoms with van der Waals surface area (Å²) in [4.78, 5) is 21.1. The van der Waals surface area contributed by atoms with E-state index in [-0.39, 0.29) is 5.91 Å². The van der Waals surface area contributed by atoms with E-state index in [2.05, 4.69) is 15.3 Å². The maximum atomic E-state index is 12.4. The van der Waals surface area contributed by atoms with E-state index < -0.39 is 0 Å². The van der Waals surface area contributed by atoms with Crippen LogP contribution in [-0.4, -0.2) is 15.9 Å². The topological polar surface area (TPSA) is 77.2 Å². The molecule has 6 heteroatoms. The highest BCUT2D eigenvalue weighted by molar-refractivity contribution is 5.94. The molecule has 31 heavy (non-hydrogen) atoms. The van der Waals surface area contributed by atoms with Crippen LogP contribution in [-0.2, 0) is 13.2 Å². The molecule has 0 bridgehead atoms. The van der Waals surface area contributed by atoms with Crippen LogP contribution in [0.2, 0.25) is 0 Å². The molecule has 0 atom stereocenters. The summed E-state index contributed by atoms with van der Waals surface area (Å²) in [6.45, 7) is 0.766. The number of nitrogens with zero attached hydrogens (tertiary/aromatic N) is 2. The lowest BCUT2D eigenvalue weighted by atomic mass is 10.1. The summed E-state index contributed by atoms with van der Waals surface area (Å²) in [5.41, 5.74) is 4.80. The largest absolute Gasteiger partial charge is 0.487 e. The number of amides is 1. The maximum absolute atomic E-state index is 12.4. The van der Waals surface area contributed by atoms with Crippen LogP contribution in [0, 0.1) is 0 Å². The van der Waals surface area contributed by atoms with Gasteiger partial charge >= 0.3 is 0 Å². The average molecular weight is 409 g/mol. The molecule has 0 spiro atoms. The van der Waals surface area contributed by atoms with Gasteiger partial charge in [-0.2, -0.15) is 0 Å². The third-order valence-corrected chi connectivity index (χ3v) is 5.01. The normalized spacial score (nSPS) is 11.0. The summed E-state index contributed by atoms with van der Waals surface area (Å²) >= 11 is 0. The summed E-state index contributed by atoms with van der Waals surface area (Å²) in [5.74, 6) is 0.530. The Morgan fingerprint density at radius 1 is 0.935 bits per heavy atom. The maximum Gasteiger partial charge on any atom is 0.251 e. The van der Waals surface area contributed by atoms with Gasteiger partial charge < -0.3 is 14.5 Å². The molecule has 0 radical (unpaired) electrons. The molecule has 0 aliphatic heterocycles. The van der Waals surface area contributed by atoms with Crippen LogP contribution in [0.5, 0.6) is 5.75 Å². The zero-order chi connectivity index (χ0) is 21.0. The van der Waals surface area contributed by atoms with Crippen LogP contribution in [0.25, 0.3) is 22.0 Å². The van der Waals surface area contributed by atoms with Gasteiger partial charge in [0.2, 0.25) is 0 Å². The number of rotatable bonds is 6. The van der Waals surface area contributed by atoms with E-state index in [1.54, 1.807) is 24.3 Å². The molecule has 0 aliphatic rings. The molecular weight excluding hydrogens is 390 g/mol. The van der Waals surface area contributed by atoms with Crippen LogP contribution in [0.4, 0.5) is 0 Å². The van der Waals surface area contributed by atoms with Gasteiger partial charge in [0.1, 0.15) is 17.9 Å². The molecule has 3 aromatic carbocycles. The van der Waals surface area contributed by atoms with E-state index in [1.807, 2.05) is 54.6 Å². The summed E-state index contributed by atoms with van der Waals surface area (Å²) in [5, 5.41) is 4.01. The minimum absolute atomic E-state index is 0.152. The highest BCUT2D eigenvalue weighted by Gasteiger charge is 2.07. The number of oxazole rings is 1. The SMILES string of the molecule is O=C(NCc1ccc2ncoc2c1)c1ccc(OCc2ccc3ccccc3n2)cc1. The molecule has 2 heterocycles. The number of aromatic nitrogens is 2. The number of nitrogens with one attached hydrogen (secondary N) is 1. The Balaban J connectivity index is 1.18. The molecule has 0 unspecified atom stereocenters. The first-order valence-corrected chi connectivity index (χ1v) is 9.92. The van der Waals surface area contributed by atoms with Gasteiger partial charge in [0.05, 0.1) is 11.2 Å². The molecule has 2 aromatic heterocycles. The number of hydrogen-bond donors (Lipinski definition) is 1. The first-order chi connectivity index (χ1) is 15.2. The minimum atomic E-state index is -0.152. The van der Waals surface area contributed by atoms with Crippen molar-refractivity contribution < 1.29 is 13.9 Å². The van der Waals surface area contributed by atoms with Crippen molar-refractivity contribution in [3.8, 4) is 5.75 Å². The number of pyridine rings is 1. The molecule has 0 fully saturated rings. The van der Waals surface area contributed by atoms with Crippen molar-refractivity contribution in [3.63, 3.8) is 0 Å². The second-order valence-corrected chi connectivity index (χ2v) is 7.15. The summed E-state index contributed by atoms with van der Waals surface area (Å²) in [6.07, 6.45) is 1.41. The van der Waals surface area contributed by atoms with Crippen molar-refractivity contribution in [1.29, 1.82) is 0 Å².